The van der Waals surface area contributed by atoms with Gasteiger partial charge in [0.2, 0.25) is 0 Å². The van der Waals surface area contributed by atoms with Gasteiger partial charge in [-0.3, -0.25) is 0 Å². The fourth-order valence-corrected chi connectivity index (χ4v) is 4.33. The van der Waals surface area contributed by atoms with Gasteiger partial charge in [0.25, 0.3) is 0 Å². The number of carboxylic acid groups (broad SMARTS) is 2. The number of aromatic carboxylic acids is 2. The van der Waals surface area contributed by atoms with Crippen LogP contribution in [0.2, 0.25) is 0 Å². The average molecular weight is 593 g/mol. The number of carboxylic acids is 2. The summed E-state index contributed by atoms with van der Waals surface area (Å²) in [5.74, 6) is -2.89. The number of nitrogens with zero attached hydrogens (tertiary/aromatic N) is 4. The van der Waals surface area contributed by atoms with Gasteiger partial charge < -0.3 is 19.3 Å². The van der Waals surface area contributed by atoms with E-state index >= 15 is 0 Å². The zero-order valence-electron chi connectivity index (χ0n) is 21.7. The Kier molecular flexibility index (Phi) is 9.37. The summed E-state index contributed by atoms with van der Waals surface area (Å²) in [6.07, 6.45) is 11.7. The van der Waals surface area contributed by atoms with E-state index in [1.54, 1.807) is 35.6 Å². The molecule has 2 aromatic carbocycles. The lowest BCUT2D eigenvalue weighted by Crippen LogP contribution is -2.04. The first-order valence-corrected chi connectivity index (χ1v) is 12.3. The van der Waals surface area contributed by atoms with Crippen molar-refractivity contribution < 1.29 is 28.6 Å². The average Bonchev–Trinajstić information content (AvgIpc) is 3.79. The summed E-state index contributed by atoms with van der Waals surface area (Å²) in [5, 5.41) is 17.9. The molecule has 0 unspecified atom stereocenters. The van der Waals surface area contributed by atoms with Crippen LogP contribution < -0.4 is 0 Å². The van der Waals surface area contributed by atoms with E-state index in [4.69, 9.17) is 10.2 Å². The molecular weight excluding hydrogens is 565 g/mol. The van der Waals surface area contributed by atoms with Gasteiger partial charge in [-0.15, -0.1) is 24.8 Å². The van der Waals surface area contributed by atoms with Gasteiger partial charge >= 0.3 is 11.9 Å². The van der Waals surface area contributed by atoms with Gasteiger partial charge in [0, 0.05) is 24.2 Å². The highest BCUT2D eigenvalue weighted by Gasteiger charge is 2.27. The second-order valence-electron chi connectivity index (χ2n) is 9.81. The monoisotopic (exact) mass is 592 g/mol. The summed E-state index contributed by atoms with van der Waals surface area (Å²) in [6, 6.07) is 5.20. The van der Waals surface area contributed by atoms with Gasteiger partial charge in [0.1, 0.15) is 11.6 Å². The fourth-order valence-electron chi connectivity index (χ4n) is 4.33. The minimum atomic E-state index is -1.26. The van der Waals surface area contributed by atoms with Crippen LogP contribution in [0.25, 0.3) is 11.4 Å². The number of hydrogen-bond acceptors (Lipinski definition) is 4. The van der Waals surface area contributed by atoms with Crippen LogP contribution >= 0.6 is 24.8 Å². The van der Waals surface area contributed by atoms with Crippen LogP contribution in [0.5, 0.6) is 0 Å². The summed E-state index contributed by atoms with van der Waals surface area (Å²) < 4.78 is 30.6. The molecule has 2 aromatic heterocycles. The maximum atomic E-state index is 13.5. The Labute approximate surface area is 241 Å². The van der Waals surface area contributed by atoms with E-state index in [-0.39, 0.29) is 35.9 Å². The Hall–Kier alpha value is -3.76. The molecule has 4 aromatic rings. The molecule has 2 aliphatic carbocycles. The molecule has 6 rings (SSSR count). The van der Waals surface area contributed by atoms with Crippen molar-refractivity contribution in [2.24, 2.45) is 0 Å². The molecule has 0 spiro atoms. The molecule has 12 heteroatoms. The lowest BCUT2D eigenvalue weighted by Gasteiger charge is -2.08. The molecule has 0 saturated heterocycles. The van der Waals surface area contributed by atoms with Gasteiger partial charge in [-0.2, -0.15) is 0 Å². The van der Waals surface area contributed by atoms with Crippen LogP contribution in [-0.2, 0) is 0 Å². The summed E-state index contributed by atoms with van der Waals surface area (Å²) in [6.45, 7) is 3.50. The zero-order chi connectivity index (χ0) is 27.1. The SMILES string of the molecule is Cc1cc(F)c(C(=O)O)cc1-n1cnc(C2CC2)c1.Cc1cc(F)c(C(=O)O)cc1-n1cnc(C2CC2)c1.Cl.Cl. The Bertz CT molecular complexity index is 1450. The zero-order valence-corrected chi connectivity index (χ0v) is 23.3. The maximum absolute atomic E-state index is 13.5. The highest BCUT2D eigenvalue weighted by atomic mass is 35.5. The van der Waals surface area contributed by atoms with Crippen molar-refractivity contribution in [1.82, 2.24) is 19.1 Å². The molecule has 0 radical (unpaired) electrons. The topological polar surface area (TPSA) is 110 Å². The molecule has 0 atom stereocenters. The first-order chi connectivity index (χ1) is 18.1. The lowest BCUT2D eigenvalue weighted by molar-refractivity contribution is 0.0680. The Morgan fingerprint density at radius 2 is 1.07 bits per heavy atom. The normalized spacial score (nSPS) is 13.9. The number of imidazole rings is 2. The first-order valence-electron chi connectivity index (χ1n) is 12.3. The predicted octanol–water partition coefficient (Wildman–Crippen LogP) is 6.63. The number of aromatic nitrogens is 4. The summed E-state index contributed by atoms with van der Waals surface area (Å²) in [4.78, 5) is 30.6. The third kappa shape index (κ3) is 6.51. The minimum Gasteiger partial charge on any atom is -0.478 e. The molecule has 0 bridgehead atoms. The molecular formula is C28H28Cl2F2N4O4. The standard InChI is InChI=1S/2C14H13FN2O2.2ClH/c2*1-8-4-11(15)10(14(18)19)5-13(8)17-6-12(16-7-17)9-2-3-9;;/h2*4-7,9H,2-3H2,1H3,(H,18,19);2*1H. The Morgan fingerprint density at radius 1 is 0.725 bits per heavy atom. The van der Waals surface area contributed by atoms with Gasteiger partial charge in [-0.25, -0.2) is 28.3 Å². The molecule has 0 amide bonds. The number of halogens is 4. The van der Waals surface area contributed by atoms with Gasteiger partial charge in [0.15, 0.2) is 0 Å². The largest absolute Gasteiger partial charge is 0.478 e. The van der Waals surface area contributed by atoms with Crippen LogP contribution in [0.4, 0.5) is 8.78 Å². The van der Waals surface area contributed by atoms with Gasteiger partial charge in [-0.1, -0.05) is 0 Å². The van der Waals surface area contributed by atoms with Gasteiger partial charge in [-0.05, 0) is 74.9 Å². The van der Waals surface area contributed by atoms with E-state index in [1.165, 1.54) is 24.3 Å². The number of hydrogen-bond donors (Lipinski definition) is 2. The number of benzene rings is 2. The molecule has 212 valence electrons. The number of carbonyl (C=O) groups is 2. The summed E-state index contributed by atoms with van der Waals surface area (Å²) in [5.41, 5.74) is 4.06. The van der Waals surface area contributed by atoms with Crippen molar-refractivity contribution in [3.63, 3.8) is 0 Å². The van der Waals surface area contributed by atoms with E-state index in [0.717, 1.165) is 37.1 Å². The van der Waals surface area contributed by atoms with Crippen LogP contribution in [0, 0.1) is 25.5 Å². The number of rotatable bonds is 6. The Morgan fingerprint density at radius 3 is 1.38 bits per heavy atom. The third-order valence-corrected chi connectivity index (χ3v) is 6.78. The van der Waals surface area contributed by atoms with Crippen LogP contribution in [0.3, 0.4) is 0 Å². The van der Waals surface area contributed by atoms with Crippen molar-refractivity contribution in [2.75, 3.05) is 0 Å². The van der Waals surface area contributed by atoms with E-state index < -0.39 is 23.6 Å². The maximum Gasteiger partial charge on any atom is 0.338 e. The van der Waals surface area contributed by atoms with Crippen LogP contribution in [0.15, 0.2) is 49.3 Å². The van der Waals surface area contributed by atoms with Crippen LogP contribution in [0.1, 0.15) is 80.7 Å². The smallest absolute Gasteiger partial charge is 0.338 e. The highest BCUT2D eigenvalue weighted by molar-refractivity contribution is 5.89. The van der Waals surface area contributed by atoms with E-state index in [9.17, 15) is 18.4 Å². The van der Waals surface area contributed by atoms with E-state index in [1.807, 2.05) is 12.4 Å². The van der Waals surface area contributed by atoms with Crippen molar-refractivity contribution >= 4 is 36.8 Å². The summed E-state index contributed by atoms with van der Waals surface area (Å²) >= 11 is 0. The molecule has 0 aliphatic heterocycles. The lowest BCUT2D eigenvalue weighted by atomic mass is 10.1. The fraction of sp³-hybridized carbons (Fsp3) is 0.286. The van der Waals surface area contributed by atoms with Crippen molar-refractivity contribution in [2.45, 2.75) is 51.4 Å². The molecule has 2 saturated carbocycles. The molecule has 2 N–H and O–H groups in total. The summed E-state index contributed by atoms with van der Waals surface area (Å²) in [7, 11) is 0. The third-order valence-electron chi connectivity index (χ3n) is 6.78. The van der Waals surface area contributed by atoms with E-state index in [0.29, 0.717) is 34.3 Å². The quantitative estimate of drug-likeness (QED) is 0.260. The molecule has 2 fully saturated rings. The second-order valence-corrected chi connectivity index (χ2v) is 9.81. The van der Waals surface area contributed by atoms with Crippen molar-refractivity contribution in [1.29, 1.82) is 0 Å². The second kappa shape index (κ2) is 12.2. The highest BCUT2D eigenvalue weighted by Crippen LogP contribution is 2.40. The molecule has 40 heavy (non-hydrogen) atoms. The van der Waals surface area contributed by atoms with Gasteiger partial charge in [0.05, 0.1) is 46.5 Å². The molecule has 2 aliphatic rings. The van der Waals surface area contributed by atoms with Crippen LogP contribution in [-0.4, -0.2) is 41.3 Å². The predicted molar refractivity (Wildman–Crippen MR) is 149 cm³/mol. The van der Waals surface area contributed by atoms with Crippen molar-refractivity contribution in [3.8, 4) is 11.4 Å². The number of aryl methyl sites for hydroxylation is 2. The van der Waals surface area contributed by atoms with E-state index in [2.05, 4.69) is 9.97 Å². The molecule has 8 nitrogen and oxygen atoms in total. The molecule has 2 heterocycles. The van der Waals surface area contributed by atoms with Crippen molar-refractivity contribution in [3.05, 3.63) is 94.6 Å². The Balaban J connectivity index is 0.000000210. The first kappa shape index (κ1) is 30.8. The minimum absolute atomic E-state index is 0.